The van der Waals surface area contributed by atoms with Crippen molar-refractivity contribution in [3.05, 3.63) is 59.7 Å². The lowest BCUT2D eigenvalue weighted by Crippen LogP contribution is -2.56. The Hall–Kier alpha value is -2.37. The summed E-state index contributed by atoms with van der Waals surface area (Å²) in [5.74, 6) is 0.941. The molecule has 0 radical (unpaired) electrons. The molecule has 1 saturated carbocycles. The molecule has 5 heteroatoms. The summed E-state index contributed by atoms with van der Waals surface area (Å²) in [6.07, 6.45) is 4.78. The zero-order chi connectivity index (χ0) is 21.1. The third kappa shape index (κ3) is 4.37. The van der Waals surface area contributed by atoms with E-state index in [1.54, 1.807) is 7.11 Å². The minimum atomic E-state index is -0.632. The van der Waals surface area contributed by atoms with E-state index in [9.17, 15) is 9.90 Å². The summed E-state index contributed by atoms with van der Waals surface area (Å²) in [5.41, 5.74) is 2.49. The fourth-order valence-electron chi connectivity index (χ4n) is 5.19. The van der Waals surface area contributed by atoms with Gasteiger partial charge in [0.05, 0.1) is 19.3 Å². The molecule has 1 saturated heterocycles. The fraction of sp³-hybridized carbons (Fsp3) is 0.480. The first-order chi connectivity index (χ1) is 14.5. The van der Waals surface area contributed by atoms with E-state index in [1.165, 1.54) is 5.56 Å². The lowest BCUT2D eigenvalue weighted by molar-refractivity contribution is -0.135. The number of nitrogens with one attached hydrogen (secondary N) is 1. The topological polar surface area (TPSA) is 61.8 Å². The summed E-state index contributed by atoms with van der Waals surface area (Å²) in [4.78, 5) is 15.1. The van der Waals surface area contributed by atoms with Crippen molar-refractivity contribution in [1.29, 1.82) is 0 Å². The van der Waals surface area contributed by atoms with E-state index in [0.29, 0.717) is 13.1 Å². The van der Waals surface area contributed by atoms with Crippen LogP contribution in [0, 0.1) is 12.8 Å². The van der Waals surface area contributed by atoms with Crippen molar-refractivity contribution < 1.29 is 14.6 Å². The van der Waals surface area contributed by atoms with Gasteiger partial charge in [-0.3, -0.25) is 9.69 Å². The molecule has 1 aliphatic carbocycles. The number of anilines is 1. The van der Waals surface area contributed by atoms with E-state index in [0.717, 1.165) is 49.1 Å². The molecule has 30 heavy (non-hydrogen) atoms. The summed E-state index contributed by atoms with van der Waals surface area (Å²) in [7, 11) is 1.66. The van der Waals surface area contributed by atoms with Crippen molar-refractivity contribution in [2.45, 2.75) is 50.7 Å². The van der Waals surface area contributed by atoms with Crippen LogP contribution < -0.4 is 10.1 Å². The Morgan fingerprint density at radius 1 is 1.13 bits per heavy atom. The van der Waals surface area contributed by atoms with Gasteiger partial charge in [-0.25, -0.2) is 0 Å². The molecular weight excluding hydrogens is 376 g/mol. The number of carbonyl (C=O) groups excluding carboxylic acids is 1. The van der Waals surface area contributed by atoms with E-state index in [-0.39, 0.29) is 17.9 Å². The van der Waals surface area contributed by atoms with Crippen LogP contribution in [0.4, 0.5) is 5.69 Å². The largest absolute Gasteiger partial charge is 0.497 e. The number of aryl methyl sites for hydroxylation is 1. The van der Waals surface area contributed by atoms with Crippen LogP contribution in [0.3, 0.4) is 0 Å². The Morgan fingerprint density at radius 2 is 1.87 bits per heavy atom. The molecule has 0 spiro atoms. The Kier molecular flexibility index (Phi) is 6.11. The van der Waals surface area contributed by atoms with Gasteiger partial charge in [0.25, 0.3) is 0 Å². The number of hydrogen-bond acceptors (Lipinski definition) is 4. The first kappa shape index (κ1) is 20.9. The lowest BCUT2D eigenvalue weighted by atomic mass is 9.66. The molecule has 5 nitrogen and oxygen atoms in total. The number of likely N-dealkylation sites (tertiary alicyclic amines) is 1. The van der Waals surface area contributed by atoms with E-state index in [1.807, 2.05) is 43.3 Å². The maximum absolute atomic E-state index is 12.8. The third-order valence-electron chi connectivity index (χ3n) is 6.81. The predicted molar refractivity (Wildman–Crippen MR) is 119 cm³/mol. The van der Waals surface area contributed by atoms with Gasteiger partial charge in [0.1, 0.15) is 5.75 Å². The molecular formula is C25H32N2O3. The van der Waals surface area contributed by atoms with Crippen molar-refractivity contribution in [1.82, 2.24) is 4.90 Å². The van der Waals surface area contributed by atoms with Gasteiger partial charge >= 0.3 is 0 Å². The van der Waals surface area contributed by atoms with Crippen LogP contribution in [0.15, 0.2) is 48.5 Å². The average Bonchev–Trinajstić information content (AvgIpc) is 2.75. The molecule has 1 heterocycles. The predicted octanol–water partition coefficient (Wildman–Crippen LogP) is 4.31. The molecule has 2 aromatic rings. The normalized spacial score (nSPS) is 26.6. The van der Waals surface area contributed by atoms with Gasteiger partial charge in [-0.05, 0) is 56.0 Å². The van der Waals surface area contributed by atoms with Crippen LogP contribution in [-0.4, -0.2) is 41.7 Å². The van der Waals surface area contributed by atoms with Crippen LogP contribution in [-0.2, 0) is 4.79 Å². The van der Waals surface area contributed by atoms with Crippen LogP contribution in [0.25, 0.3) is 0 Å². The van der Waals surface area contributed by atoms with Gasteiger partial charge in [0.15, 0.2) is 0 Å². The molecule has 2 aromatic carbocycles. The first-order valence-electron chi connectivity index (χ1n) is 11.0. The molecule has 1 aliphatic heterocycles. The second-order valence-corrected chi connectivity index (χ2v) is 8.81. The second-order valence-electron chi connectivity index (χ2n) is 8.81. The molecule has 4 rings (SSSR count). The Balaban J connectivity index is 1.56. The molecule has 1 amide bonds. The highest BCUT2D eigenvalue weighted by Crippen LogP contribution is 2.49. The van der Waals surface area contributed by atoms with E-state index in [2.05, 4.69) is 22.3 Å². The highest BCUT2D eigenvalue weighted by molar-refractivity contribution is 5.92. The summed E-state index contributed by atoms with van der Waals surface area (Å²) in [6, 6.07) is 16.0. The highest BCUT2D eigenvalue weighted by atomic mass is 16.5. The monoisotopic (exact) mass is 408 g/mol. The molecule has 1 unspecified atom stereocenters. The molecule has 2 aliphatic rings. The number of methoxy groups -OCH3 is 1. The molecule has 160 valence electrons. The summed E-state index contributed by atoms with van der Waals surface area (Å²) < 4.78 is 5.32. The number of carbonyl (C=O) groups is 1. The van der Waals surface area contributed by atoms with Crippen molar-refractivity contribution in [2.75, 3.05) is 25.5 Å². The molecule has 2 fully saturated rings. The summed E-state index contributed by atoms with van der Waals surface area (Å²) in [5, 5.41) is 14.4. The van der Waals surface area contributed by atoms with Crippen molar-refractivity contribution in [3.8, 4) is 5.75 Å². The minimum absolute atomic E-state index is 0.0152. The van der Waals surface area contributed by atoms with Crippen molar-refractivity contribution in [3.63, 3.8) is 0 Å². The third-order valence-corrected chi connectivity index (χ3v) is 6.81. The number of aliphatic hydroxyl groups is 1. The van der Waals surface area contributed by atoms with Gasteiger partial charge in [0.2, 0.25) is 5.91 Å². The summed E-state index contributed by atoms with van der Waals surface area (Å²) in [6.45, 7) is 3.06. The highest BCUT2D eigenvalue weighted by Gasteiger charge is 2.49. The van der Waals surface area contributed by atoms with Gasteiger partial charge in [0, 0.05) is 24.2 Å². The first-order valence-corrected chi connectivity index (χ1v) is 11.0. The maximum atomic E-state index is 12.8. The number of rotatable bonds is 5. The van der Waals surface area contributed by atoms with Crippen LogP contribution >= 0.6 is 0 Å². The lowest BCUT2D eigenvalue weighted by Gasteiger charge is -2.52. The smallest absolute Gasteiger partial charge is 0.238 e. The van der Waals surface area contributed by atoms with Gasteiger partial charge < -0.3 is 15.2 Å². The maximum Gasteiger partial charge on any atom is 0.238 e. The number of hydrogen-bond donors (Lipinski definition) is 2. The molecule has 0 aromatic heterocycles. The van der Waals surface area contributed by atoms with Crippen LogP contribution in [0.2, 0.25) is 0 Å². The van der Waals surface area contributed by atoms with Gasteiger partial charge in [-0.2, -0.15) is 0 Å². The van der Waals surface area contributed by atoms with Crippen molar-refractivity contribution in [2.24, 2.45) is 5.92 Å². The number of fused-ring (bicyclic) bond motifs is 1. The van der Waals surface area contributed by atoms with Gasteiger partial charge in [-0.15, -0.1) is 0 Å². The zero-order valence-corrected chi connectivity index (χ0v) is 17.9. The fourth-order valence-corrected chi connectivity index (χ4v) is 5.19. The molecule has 2 N–H and O–H groups in total. The summed E-state index contributed by atoms with van der Waals surface area (Å²) >= 11 is 0. The van der Waals surface area contributed by atoms with E-state index < -0.39 is 5.60 Å². The average molecular weight is 409 g/mol. The van der Waals surface area contributed by atoms with Crippen LogP contribution in [0.1, 0.15) is 49.3 Å². The number of amides is 1. The zero-order valence-electron chi connectivity index (χ0n) is 17.9. The van der Waals surface area contributed by atoms with E-state index in [4.69, 9.17) is 4.74 Å². The number of benzene rings is 2. The number of ether oxygens (including phenoxy) is 1. The number of nitrogens with zero attached hydrogens (tertiary/aromatic N) is 1. The van der Waals surface area contributed by atoms with Gasteiger partial charge in [-0.1, -0.05) is 42.7 Å². The van der Waals surface area contributed by atoms with E-state index >= 15 is 0 Å². The quantitative estimate of drug-likeness (QED) is 0.774. The SMILES string of the molecule is COc1ccc(C2[C@@H]3CCCC[C@]3(O)CCN2CC(=O)Nc2ccc(C)cc2)cc1. The standard InChI is InChI=1S/C25H32N2O3/c1-18-6-10-20(11-7-18)26-23(28)17-27-16-15-25(29)14-4-3-5-22(25)24(27)19-8-12-21(30-2)13-9-19/h6-13,22,24,29H,3-5,14-17H2,1-2H3,(H,26,28)/t22-,24?,25-/m0/s1. The second kappa shape index (κ2) is 8.78. The van der Waals surface area contributed by atoms with Crippen molar-refractivity contribution >= 4 is 11.6 Å². The minimum Gasteiger partial charge on any atom is -0.497 e. The molecule has 3 atom stereocenters. The Bertz CT molecular complexity index is 865. The Morgan fingerprint density at radius 3 is 2.57 bits per heavy atom. The Labute approximate surface area is 179 Å². The number of piperidine rings is 1. The molecule has 0 bridgehead atoms. The van der Waals surface area contributed by atoms with Crippen LogP contribution in [0.5, 0.6) is 5.75 Å².